The van der Waals surface area contributed by atoms with Crippen LogP contribution in [0.25, 0.3) is 0 Å². The fourth-order valence-electron chi connectivity index (χ4n) is 3.76. The van der Waals surface area contributed by atoms with E-state index in [2.05, 4.69) is 4.98 Å². The van der Waals surface area contributed by atoms with Gasteiger partial charge in [0.1, 0.15) is 5.69 Å². The number of carbonyl (C=O) groups is 2. The number of esters is 1. The third-order valence-corrected chi connectivity index (χ3v) is 5.46. The van der Waals surface area contributed by atoms with E-state index in [-0.39, 0.29) is 18.0 Å². The lowest BCUT2D eigenvalue weighted by molar-refractivity contribution is 0.0506. The van der Waals surface area contributed by atoms with Crippen molar-refractivity contribution in [3.8, 4) is 0 Å². The van der Waals surface area contributed by atoms with Crippen LogP contribution in [0.1, 0.15) is 63.0 Å². The second-order valence-corrected chi connectivity index (χ2v) is 7.64. The van der Waals surface area contributed by atoms with Crippen LogP contribution in [0, 0.1) is 20.8 Å². The molecule has 6 heteroatoms. The van der Waals surface area contributed by atoms with Crippen molar-refractivity contribution in [3.05, 3.63) is 57.9 Å². The minimum absolute atomic E-state index is 0.0295. The van der Waals surface area contributed by atoms with Gasteiger partial charge in [-0.2, -0.15) is 0 Å². The van der Waals surface area contributed by atoms with E-state index in [0.717, 1.165) is 41.8 Å². The zero-order valence-electron chi connectivity index (χ0n) is 17.7. The number of aromatic nitrogens is 1. The molecule has 0 bridgehead atoms. The first kappa shape index (κ1) is 21.1. The molecule has 6 nitrogen and oxygen atoms in total. The Labute approximate surface area is 172 Å². The number of hydrogen-bond acceptors (Lipinski definition) is 4. The van der Waals surface area contributed by atoms with Gasteiger partial charge in [0.05, 0.1) is 12.7 Å². The molecule has 2 aromatic rings. The third kappa shape index (κ3) is 4.88. The van der Waals surface area contributed by atoms with E-state index >= 15 is 0 Å². The minimum atomic E-state index is -0.366. The van der Waals surface area contributed by atoms with Crippen molar-refractivity contribution in [2.45, 2.75) is 53.2 Å². The predicted molar refractivity (Wildman–Crippen MR) is 111 cm³/mol. The van der Waals surface area contributed by atoms with E-state index in [1.165, 1.54) is 0 Å². The summed E-state index contributed by atoms with van der Waals surface area (Å²) in [6.45, 7) is 9.62. The molecule has 1 atom stereocenters. The number of carbonyl (C=O) groups excluding carboxylic acids is 2. The van der Waals surface area contributed by atoms with Gasteiger partial charge in [0.25, 0.3) is 5.91 Å². The van der Waals surface area contributed by atoms with Gasteiger partial charge in [-0.15, -0.1) is 0 Å². The second kappa shape index (κ2) is 9.27. The Morgan fingerprint density at radius 1 is 1.21 bits per heavy atom. The van der Waals surface area contributed by atoms with Crippen molar-refractivity contribution in [3.63, 3.8) is 0 Å². The number of benzene rings is 1. The first-order valence-electron chi connectivity index (χ1n) is 10.2. The summed E-state index contributed by atoms with van der Waals surface area (Å²) in [5.41, 5.74) is 4.88. The summed E-state index contributed by atoms with van der Waals surface area (Å²) in [6, 6.07) is 7.62. The zero-order valence-corrected chi connectivity index (χ0v) is 17.7. The fraction of sp³-hybridized carbons (Fsp3) is 0.478. The van der Waals surface area contributed by atoms with E-state index in [9.17, 15) is 9.59 Å². The summed E-state index contributed by atoms with van der Waals surface area (Å²) in [6.07, 6.45) is 2.03. The molecule has 0 radical (unpaired) electrons. The number of ether oxygens (including phenoxy) is 2. The van der Waals surface area contributed by atoms with Crippen LogP contribution < -0.4 is 0 Å². The molecule has 3 rings (SSSR count). The lowest BCUT2D eigenvalue weighted by Crippen LogP contribution is -2.37. The van der Waals surface area contributed by atoms with Crippen LogP contribution in [0.5, 0.6) is 0 Å². The monoisotopic (exact) mass is 398 g/mol. The summed E-state index contributed by atoms with van der Waals surface area (Å²) < 4.78 is 10.9. The molecule has 1 saturated heterocycles. The Bertz CT molecular complexity index is 864. The van der Waals surface area contributed by atoms with Gasteiger partial charge in [-0.1, -0.05) is 17.7 Å². The smallest absolute Gasteiger partial charge is 0.355 e. The highest BCUT2D eigenvalue weighted by molar-refractivity contribution is 5.94. The Kier molecular flexibility index (Phi) is 6.75. The number of aryl methyl sites for hydroxylation is 2. The minimum Gasteiger partial charge on any atom is -0.461 e. The lowest BCUT2D eigenvalue weighted by atomic mass is 10.1. The molecular weight excluding hydrogens is 368 g/mol. The lowest BCUT2D eigenvalue weighted by Gasteiger charge is -2.26. The maximum Gasteiger partial charge on any atom is 0.355 e. The molecule has 1 aromatic carbocycles. The molecule has 1 N–H and O–H groups in total. The highest BCUT2D eigenvalue weighted by Crippen LogP contribution is 2.23. The van der Waals surface area contributed by atoms with Crippen LogP contribution in [-0.4, -0.2) is 47.6 Å². The van der Waals surface area contributed by atoms with Crippen molar-refractivity contribution < 1.29 is 19.1 Å². The Hall–Kier alpha value is -2.60. The first-order valence-corrected chi connectivity index (χ1v) is 10.2. The van der Waals surface area contributed by atoms with Gasteiger partial charge in [-0.3, -0.25) is 4.79 Å². The van der Waals surface area contributed by atoms with Crippen molar-refractivity contribution in [2.75, 3.05) is 19.8 Å². The van der Waals surface area contributed by atoms with Gasteiger partial charge in [0.15, 0.2) is 0 Å². The molecule has 1 aromatic heterocycles. The SMILES string of the molecule is CCOC(=O)c1[nH]c(C)c(CN(C[C@@H]2CCCO2)C(=O)c2ccc(C)cc2)c1C. The molecule has 1 aliphatic rings. The molecule has 29 heavy (non-hydrogen) atoms. The van der Waals surface area contributed by atoms with Crippen LogP contribution in [0.15, 0.2) is 24.3 Å². The van der Waals surface area contributed by atoms with E-state index < -0.39 is 0 Å². The van der Waals surface area contributed by atoms with Gasteiger partial charge < -0.3 is 19.4 Å². The molecule has 0 spiro atoms. The van der Waals surface area contributed by atoms with Crippen LogP contribution in [-0.2, 0) is 16.0 Å². The summed E-state index contributed by atoms with van der Waals surface area (Å²) in [5, 5.41) is 0. The average Bonchev–Trinajstić information content (AvgIpc) is 3.31. The maximum atomic E-state index is 13.3. The van der Waals surface area contributed by atoms with Gasteiger partial charge in [-0.05, 0) is 63.8 Å². The van der Waals surface area contributed by atoms with Crippen molar-refractivity contribution in [2.24, 2.45) is 0 Å². The van der Waals surface area contributed by atoms with E-state index in [4.69, 9.17) is 9.47 Å². The van der Waals surface area contributed by atoms with Gasteiger partial charge in [0, 0.05) is 31.0 Å². The second-order valence-electron chi connectivity index (χ2n) is 7.64. The van der Waals surface area contributed by atoms with E-state index in [1.54, 1.807) is 6.92 Å². The predicted octanol–water partition coefficient (Wildman–Crippen LogP) is 3.94. The number of nitrogens with zero attached hydrogens (tertiary/aromatic N) is 1. The molecule has 0 saturated carbocycles. The van der Waals surface area contributed by atoms with Crippen molar-refractivity contribution in [1.82, 2.24) is 9.88 Å². The molecule has 1 amide bonds. The molecular formula is C23H30N2O4. The number of aromatic amines is 1. The maximum absolute atomic E-state index is 13.3. The van der Waals surface area contributed by atoms with E-state index in [1.807, 2.05) is 49.9 Å². The zero-order chi connectivity index (χ0) is 21.0. The number of nitrogens with one attached hydrogen (secondary N) is 1. The van der Waals surface area contributed by atoms with Crippen molar-refractivity contribution >= 4 is 11.9 Å². The van der Waals surface area contributed by atoms with Crippen molar-refractivity contribution in [1.29, 1.82) is 0 Å². The average molecular weight is 399 g/mol. The first-order chi connectivity index (χ1) is 13.9. The number of rotatable bonds is 7. The number of amides is 1. The van der Waals surface area contributed by atoms with Crippen LogP contribution in [0.4, 0.5) is 0 Å². The topological polar surface area (TPSA) is 71.6 Å². The molecule has 2 heterocycles. The Morgan fingerprint density at radius 2 is 1.93 bits per heavy atom. The largest absolute Gasteiger partial charge is 0.461 e. The van der Waals surface area contributed by atoms with Crippen LogP contribution in [0.2, 0.25) is 0 Å². The molecule has 0 aliphatic carbocycles. The molecule has 1 fully saturated rings. The Morgan fingerprint density at radius 3 is 2.55 bits per heavy atom. The highest BCUT2D eigenvalue weighted by Gasteiger charge is 2.26. The van der Waals surface area contributed by atoms with Gasteiger partial charge in [0.2, 0.25) is 0 Å². The normalized spacial score (nSPS) is 16.1. The standard InChI is InChI=1S/C23H30N2O4/c1-5-28-23(27)21-16(3)20(17(4)24-21)14-25(13-19-7-6-12-29-19)22(26)18-10-8-15(2)9-11-18/h8-11,19,24H,5-7,12-14H2,1-4H3/t19-/m0/s1. The third-order valence-electron chi connectivity index (χ3n) is 5.46. The van der Waals surface area contributed by atoms with Crippen LogP contribution in [0.3, 0.4) is 0 Å². The molecule has 0 unspecified atom stereocenters. The fourth-order valence-corrected chi connectivity index (χ4v) is 3.76. The Balaban J connectivity index is 1.87. The van der Waals surface area contributed by atoms with E-state index in [0.29, 0.717) is 31.0 Å². The van der Waals surface area contributed by atoms with Crippen LogP contribution >= 0.6 is 0 Å². The van der Waals surface area contributed by atoms with Gasteiger partial charge >= 0.3 is 5.97 Å². The number of H-pyrrole nitrogens is 1. The number of hydrogen-bond donors (Lipinski definition) is 1. The summed E-state index contributed by atoms with van der Waals surface area (Å²) in [4.78, 5) is 30.5. The molecule has 1 aliphatic heterocycles. The quantitative estimate of drug-likeness (QED) is 0.717. The molecule has 156 valence electrons. The summed E-state index contributed by atoms with van der Waals surface area (Å²) in [5.74, 6) is -0.395. The summed E-state index contributed by atoms with van der Waals surface area (Å²) in [7, 11) is 0. The van der Waals surface area contributed by atoms with Gasteiger partial charge in [-0.25, -0.2) is 4.79 Å². The highest BCUT2D eigenvalue weighted by atomic mass is 16.5. The summed E-state index contributed by atoms with van der Waals surface area (Å²) >= 11 is 0.